The second-order valence-electron chi connectivity index (χ2n) is 9.65. The molecule has 6 aromatic rings. The van der Waals surface area contributed by atoms with Crippen molar-refractivity contribution >= 4 is 11.0 Å². The summed E-state index contributed by atoms with van der Waals surface area (Å²) in [7, 11) is 0. The molecule has 1 radical (unpaired) electrons. The van der Waals surface area contributed by atoms with Crippen LogP contribution < -0.4 is 0 Å². The smallest absolute Gasteiger partial charge is 0.0860 e. The molecule has 0 amide bonds. The Labute approximate surface area is 237 Å². The molecule has 0 aliphatic carbocycles. The molecule has 3 heterocycles. The fourth-order valence-electron chi connectivity index (χ4n) is 4.19. The Balaban J connectivity index is 0.000000218. The molecule has 0 fully saturated rings. The van der Waals surface area contributed by atoms with Gasteiger partial charge in [0.2, 0.25) is 0 Å². The van der Waals surface area contributed by atoms with Crippen LogP contribution in [0.4, 0.5) is 0 Å². The average Bonchev–Trinajstić information content (AvgIpc) is 3.35. The van der Waals surface area contributed by atoms with E-state index in [4.69, 9.17) is 9.97 Å². The molecule has 0 atom stereocenters. The maximum absolute atomic E-state index is 4.93. The first-order chi connectivity index (χ1) is 18.0. The Bertz CT molecular complexity index is 1540. The van der Waals surface area contributed by atoms with E-state index in [9.17, 15) is 0 Å². The molecule has 5 heteroatoms. The van der Waals surface area contributed by atoms with Gasteiger partial charge in [-0.2, -0.15) is 0 Å². The average molecular weight is 673 g/mol. The number of pyridine rings is 2. The minimum Gasteiger partial charge on any atom is -0.332 e. The minimum atomic E-state index is -0.0796. The third-order valence-electron chi connectivity index (χ3n) is 5.89. The SMILES string of the molecule is CC(C)(C)c1nccc2nc(-c3[c-]cccc3)n(-c3ccccc3)c12.[Ir].[c-]1ccccc1-c1ccccn1. The van der Waals surface area contributed by atoms with Gasteiger partial charge in [-0.1, -0.05) is 51.1 Å². The van der Waals surface area contributed by atoms with Crippen molar-refractivity contribution in [3.05, 3.63) is 133 Å². The fourth-order valence-corrected chi connectivity index (χ4v) is 4.19. The number of rotatable bonds is 3. The molecular formula is C33H28IrN4-2. The number of aromatic nitrogens is 4. The van der Waals surface area contributed by atoms with Crippen LogP contribution in [-0.4, -0.2) is 19.5 Å². The van der Waals surface area contributed by atoms with Gasteiger partial charge in [-0.3, -0.25) is 9.97 Å². The van der Waals surface area contributed by atoms with E-state index in [0.29, 0.717) is 0 Å². The van der Waals surface area contributed by atoms with Crippen molar-refractivity contribution in [1.29, 1.82) is 0 Å². The normalized spacial score (nSPS) is 10.8. The van der Waals surface area contributed by atoms with Gasteiger partial charge >= 0.3 is 0 Å². The van der Waals surface area contributed by atoms with Crippen LogP contribution in [0.15, 0.2) is 116 Å². The van der Waals surface area contributed by atoms with Gasteiger partial charge in [0.1, 0.15) is 0 Å². The monoisotopic (exact) mass is 673 g/mol. The number of imidazole rings is 1. The summed E-state index contributed by atoms with van der Waals surface area (Å²) in [6.45, 7) is 6.56. The first-order valence-electron chi connectivity index (χ1n) is 12.3. The Hall–Kier alpha value is -3.92. The number of benzene rings is 3. The van der Waals surface area contributed by atoms with Gasteiger partial charge in [-0.05, 0) is 30.0 Å². The van der Waals surface area contributed by atoms with Crippen LogP contribution in [0.25, 0.3) is 39.4 Å². The van der Waals surface area contributed by atoms with Crippen molar-refractivity contribution in [3.63, 3.8) is 0 Å². The maximum Gasteiger partial charge on any atom is 0.0860 e. The second-order valence-corrected chi connectivity index (χ2v) is 9.65. The molecule has 0 saturated heterocycles. The van der Waals surface area contributed by atoms with E-state index in [-0.39, 0.29) is 25.5 Å². The van der Waals surface area contributed by atoms with Crippen molar-refractivity contribution in [2.24, 2.45) is 0 Å². The van der Waals surface area contributed by atoms with Crippen molar-refractivity contribution in [3.8, 4) is 28.3 Å². The molecule has 0 N–H and O–H groups in total. The fraction of sp³-hybridized carbons (Fsp3) is 0.121. The Morgan fingerprint density at radius 3 is 1.92 bits per heavy atom. The summed E-state index contributed by atoms with van der Waals surface area (Å²) in [5, 5.41) is 0. The third-order valence-corrected chi connectivity index (χ3v) is 5.89. The minimum absolute atomic E-state index is 0. The molecule has 3 aromatic heterocycles. The summed E-state index contributed by atoms with van der Waals surface area (Å²) in [5.41, 5.74) is 7.05. The van der Waals surface area contributed by atoms with E-state index in [1.165, 1.54) is 0 Å². The van der Waals surface area contributed by atoms with E-state index in [1.54, 1.807) is 6.20 Å². The molecule has 0 unspecified atom stereocenters. The summed E-state index contributed by atoms with van der Waals surface area (Å²) < 4.78 is 2.20. The van der Waals surface area contributed by atoms with Crippen LogP contribution in [0.1, 0.15) is 26.5 Å². The quantitative estimate of drug-likeness (QED) is 0.181. The number of hydrogen-bond acceptors (Lipinski definition) is 3. The molecule has 0 bridgehead atoms. The van der Waals surface area contributed by atoms with Gasteiger partial charge < -0.3 is 9.55 Å². The predicted octanol–water partition coefficient (Wildman–Crippen LogP) is 7.73. The van der Waals surface area contributed by atoms with Crippen molar-refractivity contribution < 1.29 is 20.1 Å². The second kappa shape index (κ2) is 12.1. The number of fused-ring (bicyclic) bond motifs is 1. The van der Waals surface area contributed by atoms with Gasteiger partial charge in [0.25, 0.3) is 0 Å². The number of para-hydroxylation sites is 1. The van der Waals surface area contributed by atoms with E-state index in [1.807, 2.05) is 97.2 Å². The Morgan fingerprint density at radius 2 is 1.32 bits per heavy atom. The van der Waals surface area contributed by atoms with Crippen molar-refractivity contribution in [2.75, 3.05) is 0 Å². The van der Waals surface area contributed by atoms with Crippen LogP contribution in [-0.2, 0) is 25.5 Å². The third kappa shape index (κ3) is 5.96. The molecule has 3 aromatic carbocycles. The molecular weight excluding hydrogens is 645 g/mol. The number of nitrogens with zero attached hydrogens (tertiary/aromatic N) is 4. The summed E-state index contributed by atoms with van der Waals surface area (Å²) in [6.07, 6.45) is 3.64. The first kappa shape index (κ1) is 27.1. The molecule has 0 aliphatic heterocycles. The maximum atomic E-state index is 4.93. The summed E-state index contributed by atoms with van der Waals surface area (Å²) in [4.78, 5) is 13.8. The Morgan fingerprint density at radius 1 is 0.658 bits per heavy atom. The summed E-state index contributed by atoms with van der Waals surface area (Å²) >= 11 is 0. The predicted molar refractivity (Wildman–Crippen MR) is 150 cm³/mol. The zero-order chi connectivity index (χ0) is 25.7. The van der Waals surface area contributed by atoms with Gasteiger partial charge in [0.05, 0.1) is 22.6 Å². The van der Waals surface area contributed by atoms with Gasteiger partial charge in [0.15, 0.2) is 0 Å². The topological polar surface area (TPSA) is 43.6 Å². The summed E-state index contributed by atoms with van der Waals surface area (Å²) in [6, 6.07) is 40.4. The van der Waals surface area contributed by atoms with Gasteiger partial charge in [-0.15, -0.1) is 71.8 Å². The van der Waals surface area contributed by atoms with Crippen molar-refractivity contribution in [2.45, 2.75) is 26.2 Å². The van der Waals surface area contributed by atoms with Crippen LogP contribution in [0, 0.1) is 12.1 Å². The molecule has 0 spiro atoms. The van der Waals surface area contributed by atoms with Crippen molar-refractivity contribution in [1.82, 2.24) is 19.5 Å². The van der Waals surface area contributed by atoms with Gasteiger partial charge in [-0.25, -0.2) is 0 Å². The standard InChI is InChI=1S/C22H20N3.C11H8N.Ir/c1-22(2,3)20-19-18(14-15-23-20)24-21(16-10-6-4-7-11-16)25(19)17-12-8-5-9-13-17;1-2-6-10(7-3-1)11-8-4-5-9-12-11;/h4-10,12-15H,1-3H3;1-6,8-9H;/q2*-1;. The Kier molecular flexibility index (Phi) is 8.62. The van der Waals surface area contributed by atoms with Crippen LogP contribution in [0.2, 0.25) is 0 Å². The summed E-state index contributed by atoms with van der Waals surface area (Å²) in [5.74, 6) is 0.889. The molecule has 0 aliphatic rings. The first-order valence-corrected chi connectivity index (χ1v) is 12.3. The molecule has 191 valence electrons. The van der Waals surface area contributed by atoms with E-state index < -0.39 is 0 Å². The van der Waals surface area contributed by atoms with Crippen LogP contribution in [0.5, 0.6) is 0 Å². The molecule has 0 saturated carbocycles. The van der Waals surface area contributed by atoms with E-state index in [2.05, 4.69) is 54.6 Å². The number of hydrogen-bond donors (Lipinski definition) is 0. The largest absolute Gasteiger partial charge is 0.332 e. The van der Waals surface area contributed by atoms with Crippen LogP contribution >= 0.6 is 0 Å². The van der Waals surface area contributed by atoms with E-state index >= 15 is 0 Å². The zero-order valence-corrected chi connectivity index (χ0v) is 24.0. The molecule has 6 rings (SSSR count). The van der Waals surface area contributed by atoms with Crippen LogP contribution in [0.3, 0.4) is 0 Å². The molecule has 38 heavy (non-hydrogen) atoms. The van der Waals surface area contributed by atoms with E-state index in [0.717, 1.165) is 45.1 Å². The van der Waals surface area contributed by atoms with Gasteiger partial charge in [0, 0.05) is 43.6 Å². The molecule has 4 nitrogen and oxygen atoms in total. The zero-order valence-electron chi connectivity index (χ0n) is 21.6.